The minimum absolute atomic E-state index is 0.121. The van der Waals surface area contributed by atoms with Crippen LogP contribution < -0.4 is 23.8 Å². The third-order valence-electron chi connectivity index (χ3n) is 5.94. The molecule has 34 heavy (non-hydrogen) atoms. The van der Waals surface area contributed by atoms with Crippen LogP contribution >= 0.6 is 0 Å². The topological polar surface area (TPSA) is 94.2 Å². The molecule has 0 bridgehead atoms. The molecule has 4 rings (SSSR count). The van der Waals surface area contributed by atoms with E-state index in [-0.39, 0.29) is 24.9 Å². The second-order valence-electron chi connectivity index (χ2n) is 9.49. The van der Waals surface area contributed by atoms with Gasteiger partial charge in [0.2, 0.25) is 15.9 Å². The van der Waals surface area contributed by atoms with Crippen molar-refractivity contribution in [3.8, 4) is 17.2 Å². The molecule has 0 unspecified atom stereocenters. The van der Waals surface area contributed by atoms with Gasteiger partial charge in [0, 0.05) is 31.0 Å². The molecule has 2 aliphatic rings. The summed E-state index contributed by atoms with van der Waals surface area (Å²) in [5, 5.41) is 3.12. The highest BCUT2D eigenvalue weighted by Gasteiger charge is 2.34. The fourth-order valence-electron chi connectivity index (χ4n) is 4.41. The Morgan fingerprint density at radius 2 is 1.82 bits per heavy atom. The van der Waals surface area contributed by atoms with E-state index in [0.29, 0.717) is 43.2 Å². The fourth-order valence-corrected chi connectivity index (χ4v) is 5.37. The number of nitrogens with one attached hydrogen (secondary N) is 1. The van der Waals surface area contributed by atoms with Crippen LogP contribution in [-0.4, -0.2) is 45.9 Å². The number of benzene rings is 2. The van der Waals surface area contributed by atoms with E-state index < -0.39 is 15.6 Å². The summed E-state index contributed by atoms with van der Waals surface area (Å²) in [6.45, 7) is 7.09. The summed E-state index contributed by atoms with van der Waals surface area (Å²) < 4.78 is 43.4. The van der Waals surface area contributed by atoms with Gasteiger partial charge in [-0.2, -0.15) is 0 Å². The number of hydrogen-bond acceptors (Lipinski definition) is 6. The van der Waals surface area contributed by atoms with Gasteiger partial charge in [-0.25, -0.2) is 8.42 Å². The van der Waals surface area contributed by atoms with E-state index in [1.807, 2.05) is 39.0 Å². The van der Waals surface area contributed by atoms with Gasteiger partial charge in [0.25, 0.3) is 0 Å². The van der Waals surface area contributed by atoms with Gasteiger partial charge < -0.3 is 19.5 Å². The van der Waals surface area contributed by atoms with Gasteiger partial charge >= 0.3 is 0 Å². The number of amides is 1. The minimum atomic E-state index is -3.54. The maximum absolute atomic E-state index is 12.8. The van der Waals surface area contributed by atoms with Gasteiger partial charge in [-0.3, -0.25) is 9.10 Å². The Balaban J connectivity index is 1.40. The Morgan fingerprint density at radius 3 is 2.56 bits per heavy atom. The van der Waals surface area contributed by atoms with Gasteiger partial charge in [-0.15, -0.1) is 0 Å². The number of hydrogen-bond donors (Lipinski definition) is 1. The van der Waals surface area contributed by atoms with Gasteiger partial charge in [0.05, 0.1) is 18.0 Å². The number of ether oxygens (including phenoxy) is 3. The number of fused-ring (bicyclic) bond motifs is 2. The molecule has 2 aromatic carbocycles. The van der Waals surface area contributed by atoms with E-state index >= 15 is 0 Å². The molecule has 0 fully saturated rings. The highest BCUT2D eigenvalue weighted by Crippen LogP contribution is 2.40. The minimum Gasteiger partial charge on any atom is -0.487 e. The zero-order chi connectivity index (χ0) is 24.5. The van der Waals surface area contributed by atoms with Crippen LogP contribution in [0.2, 0.25) is 0 Å². The monoisotopic (exact) mass is 488 g/mol. The molecule has 0 spiro atoms. The van der Waals surface area contributed by atoms with E-state index in [2.05, 4.69) is 5.32 Å². The average Bonchev–Trinajstić information content (AvgIpc) is 2.74. The lowest BCUT2D eigenvalue weighted by atomic mass is 9.89. The molecule has 184 valence electrons. The summed E-state index contributed by atoms with van der Waals surface area (Å²) >= 11 is 0. The Morgan fingerprint density at radius 1 is 1.09 bits per heavy atom. The first-order valence-electron chi connectivity index (χ1n) is 11.5. The molecule has 2 aliphatic heterocycles. The Bertz CT molecular complexity index is 1180. The number of sulfonamides is 1. The van der Waals surface area contributed by atoms with Crippen molar-refractivity contribution in [1.82, 2.24) is 5.32 Å². The first kappa shape index (κ1) is 24.2. The maximum Gasteiger partial charge on any atom is 0.232 e. The molecule has 9 heteroatoms. The number of anilines is 1. The molecule has 2 heterocycles. The van der Waals surface area contributed by atoms with E-state index in [4.69, 9.17) is 14.2 Å². The van der Waals surface area contributed by atoms with Crippen LogP contribution in [0, 0.1) is 6.92 Å². The molecular formula is C25H32N2O6S. The Labute approximate surface area is 201 Å². The van der Waals surface area contributed by atoms with E-state index in [1.54, 1.807) is 18.2 Å². The van der Waals surface area contributed by atoms with Crippen LogP contribution in [0.5, 0.6) is 17.2 Å². The molecule has 0 saturated heterocycles. The zero-order valence-electron chi connectivity index (χ0n) is 20.1. The SMILES string of the molecule is Cc1ccc2c(c1)OC(C)(C)C[C@@H]2NC(=O)CCCN(c1ccc2c(c1)OCCO2)S(C)(=O)=O. The summed E-state index contributed by atoms with van der Waals surface area (Å²) in [6, 6.07) is 10.9. The summed E-state index contributed by atoms with van der Waals surface area (Å²) in [4.78, 5) is 12.8. The molecule has 1 atom stereocenters. The predicted molar refractivity (Wildman–Crippen MR) is 130 cm³/mol. The Kier molecular flexibility index (Phi) is 6.66. The second-order valence-corrected chi connectivity index (χ2v) is 11.4. The van der Waals surface area contributed by atoms with Crippen LogP contribution in [0.1, 0.15) is 50.3 Å². The van der Waals surface area contributed by atoms with Crippen molar-refractivity contribution in [2.24, 2.45) is 0 Å². The number of nitrogens with zero attached hydrogens (tertiary/aromatic N) is 1. The van der Waals surface area contributed by atoms with Crippen molar-refractivity contribution >= 4 is 21.6 Å². The largest absolute Gasteiger partial charge is 0.487 e. The molecule has 0 aliphatic carbocycles. The Hall–Kier alpha value is -2.94. The molecule has 8 nitrogen and oxygen atoms in total. The second kappa shape index (κ2) is 9.37. The van der Waals surface area contributed by atoms with Gasteiger partial charge in [-0.1, -0.05) is 12.1 Å². The lowest BCUT2D eigenvalue weighted by molar-refractivity contribution is -0.122. The molecule has 1 amide bonds. The quantitative estimate of drug-likeness (QED) is 0.638. The van der Waals surface area contributed by atoms with Crippen molar-refractivity contribution in [3.63, 3.8) is 0 Å². The molecular weight excluding hydrogens is 456 g/mol. The van der Waals surface area contributed by atoms with Crippen molar-refractivity contribution in [3.05, 3.63) is 47.5 Å². The third kappa shape index (κ3) is 5.58. The number of carbonyl (C=O) groups excluding carboxylic acids is 1. The number of aryl methyl sites for hydroxylation is 1. The van der Waals surface area contributed by atoms with Crippen LogP contribution in [-0.2, 0) is 14.8 Å². The highest BCUT2D eigenvalue weighted by molar-refractivity contribution is 7.92. The molecule has 0 saturated carbocycles. The van der Waals surface area contributed by atoms with Crippen molar-refractivity contribution in [1.29, 1.82) is 0 Å². The maximum atomic E-state index is 12.8. The van der Waals surface area contributed by atoms with Crippen LogP contribution in [0.25, 0.3) is 0 Å². The lowest BCUT2D eigenvalue weighted by Crippen LogP contribution is -2.41. The van der Waals surface area contributed by atoms with Gasteiger partial charge in [0.1, 0.15) is 24.6 Å². The molecule has 1 N–H and O–H groups in total. The standard InChI is InChI=1S/C25H32N2O6S/c1-17-7-9-19-20(16-25(2,3)33-22(19)14-17)26-24(28)6-5-11-27(34(4,29)30)18-8-10-21-23(15-18)32-13-12-31-21/h7-10,14-15,20H,5-6,11-13,16H2,1-4H3,(H,26,28)/t20-/m0/s1. The molecule has 2 aromatic rings. The number of rotatable bonds is 7. The predicted octanol–water partition coefficient (Wildman–Crippen LogP) is 3.73. The van der Waals surface area contributed by atoms with E-state index in [1.165, 1.54) is 4.31 Å². The van der Waals surface area contributed by atoms with Crippen LogP contribution in [0.15, 0.2) is 36.4 Å². The fraction of sp³-hybridized carbons (Fsp3) is 0.480. The molecule has 0 radical (unpaired) electrons. The summed E-state index contributed by atoms with van der Waals surface area (Å²) in [6.07, 6.45) is 2.39. The molecule has 0 aromatic heterocycles. The summed E-state index contributed by atoms with van der Waals surface area (Å²) in [5.41, 5.74) is 2.15. The summed E-state index contributed by atoms with van der Waals surface area (Å²) in [7, 11) is -3.54. The normalized spacial score (nSPS) is 18.4. The zero-order valence-corrected chi connectivity index (χ0v) is 20.9. The average molecular weight is 489 g/mol. The first-order chi connectivity index (χ1) is 16.0. The van der Waals surface area contributed by atoms with Crippen molar-refractivity contribution in [2.45, 2.75) is 51.7 Å². The van der Waals surface area contributed by atoms with E-state index in [0.717, 1.165) is 23.1 Å². The third-order valence-corrected chi connectivity index (χ3v) is 7.13. The van der Waals surface area contributed by atoms with Gasteiger partial charge in [0.15, 0.2) is 11.5 Å². The summed E-state index contributed by atoms with van der Waals surface area (Å²) in [5.74, 6) is 1.79. The van der Waals surface area contributed by atoms with Crippen molar-refractivity contribution < 1.29 is 27.4 Å². The van der Waals surface area contributed by atoms with Gasteiger partial charge in [-0.05, 0) is 51.0 Å². The van der Waals surface area contributed by atoms with Crippen LogP contribution in [0.4, 0.5) is 5.69 Å². The van der Waals surface area contributed by atoms with E-state index in [9.17, 15) is 13.2 Å². The number of carbonyl (C=O) groups is 1. The van der Waals surface area contributed by atoms with Crippen LogP contribution in [0.3, 0.4) is 0 Å². The highest BCUT2D eigenvalue weighted by atomic mass is 32.2. The lowest BCUT2D eigenvalue weighted by Gasteiger charge is -2.38. The first-order valence-corrected chi connectivity index (χ1v) is 13.3. The smallest absolute Gasteiger partial charge is 0.232 e. The van der Waals surface area contributed by atoms with Crippen molar-refractivity contribution in [2.75, 3.05) is 30.3 Å².